The quantitative estimate of drug-likeness (QED) is 0.860. The standard InChI is InChI=1S/C16H25BrN2O/c1-12(18)15-8-7-13(17)11-16(15)19(9-10-20)14-5-3-2-4-6-14/h7-8,11-12,14,20H,2-6,9-10,18H2,1H3. The van der Waals surface area contributed by atoms with Crippen molar-refractivity contribution in [2.24, 2.45) is 5.73 Å². The molecule has 0 radical (unpaired) electrons. The van der Waals surface area contributed by atoms with Crippen LogP contribution in [-0.2, 0) is 0 Å². The minimum atomic E-state index is 0.00267. The predicted molar refractivity (Wildman–Crippen MR) is 88.0 cm³/mol. The molecule has 0 saturated heterocycles. The summed E-state index contributed by atoms with van der Waals surface area (Å²) in [5.41, 5.74) is 8.46. The second-order valence-corrected chi connectivity index (χ2v) is 6.62. The molecular formula is C16H25BrN2O. The molecule has 0 bridgehead atoms. The Labute approximate surface area is 130 Å². The molecule has 1 aliphatic carbocycles. The van der Waals surface area contributed by atoms with Gasteiger partial charge in [-0.05, 0) is 37.5 Å². The van der Waals surface area contributed by atoms with Gasteiger partial charge in [0, 0.05) is 28.8 Å². The van der Waals surface area contributed by atoms with Gasteiger partial charge in [-0.25, -0.2) is 0 Å². The van der Waals surface area contributed by atoms with Crippen molar-refractivity contribution >= 4 is 21.6 Å². The molecule has 2 rings (SSSR count). The molecule has 0 aromatic heterocycles. The number of rotatable bonds is 5. The third kappa shape index (κ3) is 3.74. The van der Waals surface area contributed by atoms with E-state index in [1.54, 1.807) is 0 Å². The van der Waals surface area contributed by atoms with Crippen LogP contribution in [0.4, 0.5) is 5.69 Å². The number of halogens is 1. The Balaban J connectivity index is 2.34. The Kier molecular flexibility index (Phi) is 5.87. The van der Waals surface area contributed by atoms with Gasteiger partial charge < -0.3 is 15.7 Å². The normalized spacial score (nSPS) is 18.0. The summed E-state index contributed by atoms with van der Waals surface area (Å²) in [5, 5.41) is 9.44. The fourth-order valence-electron chi connectivity index (χ4n) is 3.15. The van der Waals surface area contributed by atoms with Gasteiger partial charge in [0.2, 0.25) is 0 Å². The molecule has 1 aromatic rings. The molecular weight excluding hydrogens is 316 g/mol. The average molecular weight is 341 g/mol. The van der Waals surface area contributed by atoms with E-state index in [2.05, 4.69) is 33.0 Å². The van der Waals surface area contributed by atoms with Crippen LogP contribution in [0.3, 0.4) is 0 Å². The first kappa shape index (κ1) is 15.8. The second kappa shape index (κ2) is 7.43. The van der Waals surface area contributed by atoms with E-state index >= 15 is 0 Å². The predicted octanol–water partition coefficient (Wildman–Crippen LogP) is 3.60. The number of anilines is 1. The van der Waals surface area contributed by atoms with Crippen LogP contribution in [0.25, 0.3) is 0 Å². The van der Waals surface area contributed by atoms with E-state index in [4.69, 9.17) is 5.73 Å². The number of aliphatic hydroxyl groups is 1. The van der Waals surface area contributed by atoms with Gasteiger partial charge in [0.25, 0.3) is 0 Å². The van der Waals surface area contributed by atoms with E-state index in [0.29, 0.717) is 12.6 Å². The Morgan fingerprint density at radius 2 is 2.05 bits per heavy atom. The van der Waals surface area contributed by atoms with E-state index in [1.807, 2.05) is 13.0 Å². The summed E-state index contributed by atoms with van der Waals surface area (Å²) in [6.45, 7) is 2.88. The van der Waals surface area contributed by atoms with Crippen LogP contribution in [-0.4, -0.2) is 24.3 Å². The van der Waals surface area contributed by atoms with Crippen LogP contribution in [0.15, 0.2) is 22.7 Å². The molecule has 0 heterocycles. The molecule has 3 nitrogen and oxygen atoms in total. The molecule has 0 spiro atoms. The molecule has 112 valence electrons. The highest BCUT2D eigenvalue weighted by atomic mass is 79.9. The van der Waals surface area contributed by atoms with Crippen LogP contribution in [0.2, 0.25) is 0 Å². The van der Waals surface area contributed by atoms with Crippen LogP contribution < -0.4 is 10.6 Å². The third-order valence-electron chi connectivity index (χ3n) is 4.15. The zero-order valence-electron chi connectivity index (χ0n) is 12.2. The van der Waals surface area contributed by atoms with Crippen LogP contribution in [0, 0.1) is 0 Å². The van der Waals surface area contributed by atoms with Gasteiger partial charge in [0.05, 0.1) is 6.61 Å². The number of nitrogens with zero attached hydrogens (tertiary/aromatic N) is 1. The first-order valence-electron chi connectivity index (χ1n) is 7.56. The highest BCUT2D eigenvalue weighted by molar-refractivity contribution is 9.10. The van der Waals surface area contributed by atoms with Crippen molar-refractivity contribution in [3.8, 4) is 0 Å². The summed E-state index contributed by atoms with van der Waals surface area (Å²) in [7, 11) is 0. The summed E-state index contributed by atoms with van der Waals surface area (Å²) in [6.07, 6.45) is 6.33. The third-order valence-corrected chi connectivity index (χ3v) is 4.64. The SMILES string of the molecule is CC(N)c1ccc(Br)cc1N(CCO)C1CCCCC1. The molecule has 0 amide bonds. The molecule has 20 heavy (non-hydrogen) atoms. The van der Waals surface area contributed by atoms with Gasteiger partial charge in [-0.3, -0.25) is 0 Å². The molecule has 1 fully saturated rings. The number of hydrogen-bond donors (Lipinski definition) is 2. The lowest BCUT2D eigenvalue weighted by Gasteiger charge is -2.37. The molecule has 1 atom stereocenters. The lowest BCUT2D eigenvalue weighted by molar-refractivity contribution is 0.290. The van der Waals surface area contributed by atoms with Crippen LogP contribution >= 0.6 is 15.9 Å². The maximum absolute atomic E-state index is 9.44. The minimum absolute atomic E-state index is 0.00267. The number of hydrogen-bond acceptors (Lipinski definition) is 3. The number of benzene rings is 1. The van der Waals surface area contributed by atoms with Crippen molar-refractivity contribution in [1.82, 2.24) is 0 Å². The molecule has 1 aliphatic rings. The number of nitrogens with two attached hydrogens (primary N) is 1. The Bertz CT molecular complexity index is 430. The lowest BCUT2D eigenvalue weighted by atomic mass is 9.93. The fourth-order valence-corrected chi connectivity index (χ4v) is 3.50. The Morgan fingerprint density at radius 3 is 2.65 bits per heavy atom. The summed E-state index contributed by atoms with van der Waals surface area (Å²) < 4.78 is 1.07. The van der Waals surface area contributed by atoms with E-state index in [0.717, 1.165) is 10.0 Å². The van der Waals surface area contributed by atoms with E-state index in [-0.39, 0.29) is 12.6 Å². The topological polar surface area (TPSA) is 49.5 Å². The van der Waals surface area contributed by atoms with Crippen molar-refractivity contribution in [2.75, 3.05) is 18.1 Å². The molecule has 0 aliphatic heterocycles. The van der Waals surface area contributed by atoms with Crippen LogP contribution in [0.5, 0.6) is 0 Å². The molecule has 1 unspecified atom stereocenters. The molecule has 4 heteroatoms. The average Bonchev–Trinajstić information content (AvgIpc) is 2.45. The maximum Gasteiger partial charge on any atom is 0.0606 e. The lowest BCUT2D eigenvalue weighted by Crippen LogP contribution is -2.39. The smallest absolute Gasteiger partial charge is 0.0606 e. The second-order valence-electron chi connectivity index (χ2n) is 5.70. The van der Waals surface area contributed by atoms with E-state index in [1.165, 1.54) is 37.8 Å². The van der Waals surface area contributed by atoms with E-state index < -0.39 is 0 Å². The summed E-state index contributed by atoms with van der Waals surface area (Å²) >= 11 is 3.56. The van der Waals surface area contributed by atoms with Gasteiger partial charge in [-0.15, -0.1) is 0 Å². The first-order valence-corrected chi connectivity index (χ1v) is 8.35. The van der Waals surface area contributed by atoms with Crippen molar-refractivity contribution < 1.29 is 5.11 Å². The van der Waals surface area contributed by atoms with Crippen LogP contribution in [0.1, 0.15) is 50.6 Å². The van der Waals surface area contributed by atoms with Crippen molar-refractivity contribution in [3.63, 3.8) is 0 Å². The monoisotopic (exact) mass is 340 g/mol. The maximum atomic E-state index is 9.44. The summed E-state index contributed by atoms with van der Waals surface area (Å²) in [4.78, 5) is 2.36. The zero-order valence-corrected chi connectivity index (χ0v) is 13.8. The number of aliphatic hydroxyl groups excluding tert-OH is 1. The van der Waals surface area contributed by atoms with Gasteiger partial charge in [0.15, 0.2) is 0 Å². The highest BCUT2D eigenvalue weighted by Crippen LogP contribution is 2.33. The molecule has 1 saturated carbocycles. The van der Waals surface area contributed by atoms with E-state index in [9.17, 15) is 5.11 Å². The Hall–Kier alpha value is -0.580. The highest BCUT2D eigenvalue weighted by Gasteiger charge is 2.23. The van der Waals surface area contributed by atoms with Crippen molar-refractivity contribution in [1.29, 1.82) is 0 Å². The van der Waals surface area contributed by atoms with Gasteiger partial charge in [-0.1, -0.05) is 41.3 Å². The van der Waals surface area contributed by atoms with Crippen molar-refractivity contribution in [2.45, 2.75) is 51.1 Å². The van der Waals surface area contributed by atoms with Gasteiger partial charge in [-0.2, -0.15) is 0 Å². The van der Waals surface area contributed by atoms with Gasteiger partial charge in [0.1, 0.15) is 0 Å². The van der Waals surface area contributed by atoms with Gasteiger partial charge >= 0.3 is 0 Å². The Morgan fingerprint density at radius 1 is 1.35 bits per heavy atom. The zero-order chi connectivity index (χ0) is 14.5. The largest absolute Gasteiger partial charge is 0.395 e. The van der Waals surface area contributed by atoms with Crippen molar-refractivity contribution in [3.05, 3.63) is 28.2 Å². The molecule has 1 aromatic carbocycles. The summed E-state index contributed by atoms with van der Waals surface area (Å²) in [6, 6.07) is 6.81. The fraction of sp³-hybridized carbons (Fsp3) is 0.625. The minimum Gasteiger partial charge on any atom is -0.395 e. The first-order chi connectivity index (χ1) is 9.63. The summed E-state index contributed by atoms with van der Waals surface area (Å²) in [5.74, 6) is 0. The molecule has 3 N–H and O–H groups in total.